The van der Waals surface area contributed by atoms with Gasteiger partial charge in [0, 0.05) is 12.1 Å². The summed E-state index contributed by atoms with van der Waals surface area (Å²) in [6, 6.07) is 5.35. The van der Waals surface area contributed by atoms with Crippen molar-refractivity contribution in [2.45, 2.75) is 52.0 Å². The van der Waals surface area contributed by atoms with E-state index >= 15 is 0 Å². The van der Waals surface area contributed by atoms with E-state index in [4.69, 9.17) is 15.2 Å². The molecule has 0 saturated heterocycles. The van der Waals surface area contributed by atoms with Gasteiger partial charge < -0.3 is 20.5 Å². The Kier molecular flexibility index (Phi) is 8.53. The van der Waals surface area contributed by atoms with Gasteiger partial charge in [-0.2, -0.15) is 0 Å². The number of halogens is 1. The highest BCUT2D eigenvalue weighted by atomic mass is 35.5. The van der Waals surface area contributed by atoms with Gasteiger partial charge in [0.05, 0.1) is 18.8 Å². The van der Waals surface area contributed by atoms with Gasteiger partial charge in [-0.15, -0.1) is 12.4 Å². The SMILES string of the molecule is CCCCOc1ccc(C(=O)NC(C)(CN)C2CC2)cc1OCC.Cl. The van der Waals surface area contributed by atoms with Crippen LogP contribution < -0.4 is 20.5 Å². The van der Waals surface area contributed by atoms with Gasteiger partial charge in [0.1, 0.15) is 0 Å². The summed E-state index contributed by atoms with van der Waals surface area (Å²) in [6.45, 7) is 7.68. The Morgan fingerprint density at radius 3 is 2.56 bits per heavy atom. The standard InChI is InChI=1S/C19H30N2O3.ClH/c1-4-6-11-24-16-10-7-14(12-17(16)23-5-2)18(22)21-19(3,13-20)15-8-9-15;/h7,10,12,15H,4-6,8-9,11,13,20H2,1-3H3,(H,21,22);1H. The third-order valence-corrected chi connectivity index (χ3v) is 4.56. The average molecular weight is 371 g/mol. The minimum absolute atomic E-state index is 0. The van der Waals surface area contributed by atoms with Crippen molar-refractivity contribution < 1.29 is 14.3 Å². The number of rotatable bonds is 10. The normalized spacial score (nSPS) is 15.7. The van der Waals surface area contributed by atoms with Gasteiger partial charge in [-0.25, -0.2) is 0 Å². The molecule has 1 fully saturated rings. The Bertz CT molecular complexity index is 564. The molecule has 1 aliphatic rings. The van der Waals surface area contributed by atoms with Gasteiger partial charge in [0.15, 0.2) is 11.5 Å². The molecule has 1 aliphatic carbocycles. The average Bonchev–Trinajstić information content (AvgIpc) is 3.42. The van der Waals surface area contributed by atoms with Gasteiger partial charge in [0.25, 0.3) is 5.91 Å². The van der Waals surface area contributed by atoms with E-state index in [2.05, 4.69) is 12.2 Å². The first-order valence-electron chi connectivity index (χ1n) is 8.96. The number of hydrogen-bond donors (Lipinski definition) is 2. The molecule has 1 saturated carbocycles. The molecular weight excluding hydrogens is 340 g/mol. The van der Waals surface area contributed by atoms with E-state index in [-0.39, 0.29) is 23.9 Å². The molecule has 1 unspecified atom stereocenters. The van der Waals surface area contributed by atoms with Crippen LogP contribution in [-0.4, -0.2) is 31.2 Å². The fraction of sp³-hybridized carbons (Fsp3) is 0.632. The summed E-state index contributed by atoms with van der Waals surface area (Å²) in [5.74, 6) is 1.66. The van der Waals surface area contributed by atoms with Crippen LogP contribution in [-0.2, 0) is 0 Å². The Labute approximate surface area is 157 Å². The smallest absolute Gasteiger partial charge is 0.251 e. The molecule has 6 heteroatoms. The van der Waals surface area contributed by atoms with Crippen molar-refractivity contribution in [1.82, 2.24) is 5.32 Å². The molecule has 0 spiro atoms. The van der Waals surface area contributed by atoms with Crippen molar-refractivity contribution in [2.24, 2.45) is 11.7 Å². The van der Waals surface area contributed by atoms with Crippen LogP contribution in [0.4, 0.5) is 0 Å². The number of carbonyl (C=O) groups excluding carboxylic acids is 1. The number of amides is 1. The maximum absolute atomic E-state index is 12.6. The quantitative estimate of drug-likeness (QED) is 0.618. The summed E-state index contributed by atoms with van der Waals surface area (Å²) < 4.78 is 11.4. The van der Waals surface area contributed by atoms with Crippen molar-refractivity contribution in [2.75, 3.05) is 19.8 Å². The lowest BCUT2D eigenvalue weighted by molar-refractivity contribution is 0.0897. The number of benzene rings is 1. The first kappa shape index (κ1) is 21.6. The zero-order valence-corrected chi connectivity index (χ0v) is 16.3. The van der Waals surface area contributed by atoms with Crippen molar-refractivity contribution in [3.63, 3.8) is 0 Å². The lowest BCUT2D eigenvalue weighted by Gasteiger charge is -2.29. The van der Waals surface area contributed by atoms with Crippen LogP contribution in [0.1, 0.15) is 56.8 Å². The zero-order valence-electron chi connectivity index (χ0n) is 15.5. The molecule has 3 N–H and O–H groups in total. The molecule has 0 bridgehead atoms. The second-order valence-electron chi connectivity index (χ2n) is 6.65. The fourth-order valence-corrected chi connectivity index (χ4v) is 2.74. The third kappa shape index (κ3) is 5.79. The number of carbonyl (C=O) groups is 1. The van der Waals surface area contributed by atoms with E-state index in [0.29, 0.717) is 42.7 Å². The predicted molar refractivity (Wildman–Crippen MR) is 103 cm³/mol. The topological polar surface area (TPSA) is 73.6 Å². The molecule has 1 atom stereocenters. The monoisotopic (exact) mass is 370 g/mol. The van der Waals surface area contributed by atoms with Gasteiger partial charge in [-0.05, 0) is 57.2 Å². The second kappa shape index (κ2) is 9.88. The Hall–Kier alpha value is -1.46. The minimum atomic E-state index is -0.334. The number of nitrogens with two attached hydrogens (primary N) is 1. The fourth-order valence-electron chi connectivity index (χ4n) is 2.74. The molecule has 1 aromatic carbocycles. The number of nitrogens with one attached hydrogen (secondary N) is 1. The van der Waals surface area contributed by atoms with E-state index < -0.39 is 0 Å². The van der Waals surface area contributed by atoms with E-state index in [1.165, 1.54) is 0 Å². The minimum Gasteiger partial charge on any atom is -0.490 e. The molecule has 142 valence electrons. The van der Waals surface area contributed by atoms with E-state index in [1.807, 2.05) is 19.9 Å². The maximum atomic E-state index is 12.6. The first-order chi connectivity index (χ1) is 11.5. The first-order valence-corrected chi connectivity index (χ1v) is 8.96. The lowest BCUT2D eigenvalue weighted by Crippen LogP contribution is -2.53. The number of unbranched alkanes of at least 4 members (excludes halogenated alkanes) is 1. The summed E-state index contributed by atoms with van der Waals surface area (Å²) in [5.41, 5.74) is 6.12. The molecule has 0 aliphatic heterocycles. The molecule has 1 aromatic rings. The van der Waals surface area contributed by atoms with Crippen LogP contribution in [0.5, 0.6) is 11.5 Å². The van der Waals surface area contributed by atoms with Crippen molar-refractivity contribution in [1.29, 1.82) is 0 Å². The summed E-state index contributed by atoms with van der Waals surface area (Å²) >= 11 is 0. The number of hydrogen-bond acceptors (Lipinski definition) is 4. The Morgan fingerprint density at radius 2 is 2.00 bits per heavy atom. The molecule has 1 amide bonds. The van der Waals surface area contributed by atoms with Gasteiger partial charge in [0.2, 0.25) is 0 Å². The largest absolute Gasteiger partial charge is 0.490 e. The summed E-state index contributed by atoms with van der Waals surface area (Å²) in [5, 5.41) is 3.10. The Morgan fingerprint density at radius 1 is 1.28 bits per heavy atom. The van der Waals surface area contributed by atoms with Crippen LogP contribution in [0.15, 0.2) is 18.2 Å². The van der Waals surface area contributed by atoms with Gasteiger partial charge in [-0.3, -0.25) is 4.79 Å². The van der Waals surface area contributed by atoms with Gasteiger partial charge >= 0.3 is 0 Å². The predicted octanol–water partition coefficient (Wildman–Crippen LogP) is 3.54. The zero-order chi connectivity index (χ0) is 17.6. The van der Waals surface area contributed by atoms with Crippen LogP contribution in [0, 0.1) is 5.92 Å². The molecule has 25 heavy (non-hydrogen) atoms. The second-order valence-corrected chi connectivity index (χ2v) is 6.65. The third-order valence-electron chi connectivity index (χ3n) is 4.56. The summed E-state index contributed by atoms with van der Waals surface area (Å²) in [6.07, 6.45) is 4.32. The van der Waals surface area contributed by atoms with Gasteiger partial charge in [-0.1, -0.05) is 13.3 Å². The summed E-state index contributed by atoms with van der Waals surface area (Å²) in [7, 11) is 0. The van der Waals surface area contributed by atoms with Crippen molar-refractivity contribution in [3.8, 4) is 11.5 Å². The number of ether oxygens (including phenoxy) is 2. The lowest BCUT2D eigenvalue weighted by atomic mass is 9.95. The molecule has 5 nitrogen and oxygen atoms in total. The van der Waals surface area contributed by atoms with Crippen molar-refractivity contribution in [3.05, 3.63) is 23.8 Å². The molecular formula is C19H31ClN2O3. The van der Waals surface area contributed by atoms with Crippen LogP contribution in [0.2, 0.25) is 0 Å². The van der Waals surface area contributed by atoms with Crippen LogP contribution in [0.25, 0.3) is 0 Å². The van der Waals surface area contributed by atoms with E-state index in [1.54, 1.807) is 12.1 Å². The summed E-state index contributed by atoms with van der Waals surface area (Å²) in [4.78, 5) is 12.6. The molecule has 0 aromatic heterocycles. The van der Waals surface area contributed by atoms with Crippen molar-refractivity contribution >= 4 is 18.3 Å². The molecule has 2 rings (SSSR count). The Balaban J connectivity index is 0.00000312. The van der Waals surface area contributed by atoms with E-state index in [9.17, 15) is 4.79 Å². The highest BCUT2D eigenvalue weighted by molar-refractivity contribution is 5.95. The van der Waals surface area contributed by atoms with Crippen LogP contribution in [0.3, 0.4) is 0 Å². The molecule has 0 heterocycles. The highest BCUT2D eigenvalue weighted by Crippen LogP contribution is 2.39. The van der Waals surface area contributed by atoms with E-state index in [0.717, 1.165) is 25.7 Å². The highest BCUT2D eigenvalue weighted by Gasteiger charge is 2.41. The van der Waals surface area contributed by atoms with Crippen LogP contribution >= 0.6 is 12.4 Å². The maximum Gasteiger partial charge on any atom is 0.251 e. The molecule has 0 radical (unpaired) electrons.